The van der Waals surface area contributed by atoms with E-state index in [0.717, 1.165) is 18.8 Å². The van der Waals surface area contributed by atoms with Gasteiger partial charge in [-0.25, -0.2) is 0 Å². The number of thiophene rings is 1. The highest BCUT2D eigenvalue weighted by molar-refractivity contribution is 7.10. The zero-order valence-electron chi connectivity index (χ0n) is 7.42. The third-order valence-corrected chi connectivity index (χ3v) is 4.25. The summed E-state index contributed by atoms with van der Waals surface area (Å²) in [6.07, 6.45) is 4.85. The van der Waals surface area contributed by atoms with Crippen LogP contribution in [0.1, 0.15) is 42.0 Å². The summed E-state index contributed by atoms with van der Waals surface area (Å²) in [5, 5.41) is 11.3. The Hall–Kier alpha value is -0.810. The third-order valence-electron chi connectivity index (χ3n) is 3.11. The fourth-order valence-electron chi connectivity index (χ4n) is 1.94. The van der Waals surface area contributed by atoms with E-state index in [2.05, 4.69) is 17.5 Å². The minimum Gasteiger partial charge on any atom is -0.197 e. The lowest BCUT2D eigenvalue weighted by Crippen LogP contribution is -2.02. The third kappa shape index (κ3) is 1.04. The molecule has 1 aromatic heterocycles. The van der Waals surface area contributed by atoms with Crippen LogP contribution in [-0.2, 0) is 5.41 Å². The Bertz CT molecular complexity index is 377. The molecule has 2 saturated carbocycles. The molecule has 0 saturated heterocycles. The van der Waals surface area contributed by atoms with Gasteiger partial charge in [0.05, 0.1) is 11.5 Å². The van der Waals surface area contributed by atoms with Gasteiger partial charge in [-0.2, -0.15) is 5.26 Å². The Morgan fingerprint density at radius 3 is 2.77 bits per heavy atom. The van der Waals surface area contributed by atoms with E-state index in [0.29, 0.717) is 0 Å². The van der Waals surface area contributed by atoms with Crippen molar-refractivity contribution in [3.8, 4) is 6.07 Å². The molecule has 0 N–H and O–H groups in total. The van der Waals surface area contributed by atoms with Gasteiger partial charge in [0.25, 0.3) is 0 Å². The van der Waals surface area contributed by atoms with Crippen molar-refractivity contribution in [1.82, 2.24) is 0 Å². The van der Waals surface area contributed by atoms with Crippen molar-refractivity contribution < 1.29 is 0 Å². The summed E-state index contributed by atoms with van der Waals surface area (Å²) in [7, 11) is 0. The van der Waals surface area contributed by atoms with Crippen molar-refractivity contribution in [2.45, 2.75) is 37.0 Å². The van der Waals surface area contributed by atoms with Crippen LogP contribution in [0.5, 0.6) is 0 Å². The molecule has 0 radical (unpaired) electrons. The first-order chi connectivity index (χ1) is 6.36. The van der Waals surface area contributed by atoms with E-state index in [1.807, 2.05) is 0 Å². The molecular formula is C11H11NS. The molecule has 0 aliphatic heterocycles. The van der Waals surface area contributed by atoms with Gasteiger partial charge in [-0.05, 0) is 48.6 Å². The van der Waals surface area contributed by atoms with Crippen LogP contribution in [0.2, 0.25) is 0 Å². The lowest BCUT2D eigenvalue weighted by molar-refractivity contribution is 0.905. The fourth-order valence-corrected chi connectivity index (χ4v) is 3.14. The molecule has 1 nitrogen and oxygen atoms in total. The summed E-state index contributed by atoms with van der Waals surface area (Å²) in [4.78, 5) is 1.39. The van der Waals surface area contributed by atoms with Crippen molar-refractivity contribution >= 4 is 11.3 Å². The van der Waals surface area contributed by atoms with Crippen LogP contribution < -0.4 is 0 Å². The molecule has 2 fully saturated rings. The standard InChI is InChI=1S/C11H11NS/c12-7-11(4-5-11)10-9(3-6-13-10)8-1-2-8/h3,6,8H,1-2,4-5H2. The van der Waals surface area contributed by atoms with Crippen molar-refractivity contribution in [3.05, 3.63) is 21.9 Å². The van der Waals surface area contributed by atoms with E-state index in [4.69, 9.17) is 5.26 Å². The Morgan fingerprint density at radius 1 is 1.46 bits per heavy atom. The van der Waals surface area contributed by atoms with Crippen molar-refractivity contribution in [2.75, 3.05) is 0 Å². The van der Waals surface area contributed by atoms with E-state index in [1.165, 1.54) is 23.3 Å². The van der Waals surface area contributed by atoms with E-state index in [-0.39, 0.29) is 5.41 Å². The molecule has 1 aromatic rings. The second-order valence-corrected chi connectivity index (χ2v) is 5.09. The minimum absolute atomic E-state index is 0.0495. The first-order valence-corrected chi connectivity index (χ1v) is 5.73. The van der Waals surface area contributed by atoms with Gasteiger partial charge in [0.1, 0.15) is 0 Å². The topological polar surface area (TPSA) is 23.8 Å². The first-order valence-electron chi connectivity index (χ1n) is 4.85. The normalized spacial score (nSPS) is 23.9. The van der Waals surface area contributed by atoms with Crippen LogP contribution in [0.3, 0.4) is 0 Å². The van der Waals surface area contributed by atoms with Gasteiger partial charge in [0.15, 0.2) is 0 Å². The van der Waals surface area contributed by atoms with Crippen LogP contribution >= 0.6 is 11.3 Å². The average molecular weight is 189 g/mol. The van der Waals surface area contributed by atoms with Gasteiger partial charge >= 0.3 is 0 Å². The summed E-state index contributed by atoms with van der Waals surface area (Å²) in [5.74, 6) is 0.798. The van der Waals surface area contributed by atoms with Gasteiger partial charge in [-0.3, -0.25) is 0 Å². The number of hydrogen-bond acceptors (Lipinski definition) is 2. The van der Waals surface area contributed by atoms with E-state index < -0.39 is 0 Å². The molecule has 0 bridgehead atoms. The largest absolute Gasteiger partial charge is 0.197 e. The zero-order chi connectivity index (χ0) is 8.89. The van der Waals surface area contributed by atoms with Crippen molar-refractivity contribution in [2.24, 2.45) is 0 Å². The molecule has 0 aromatic carbocycles. The lowest BCUT2D eigenvalue weighted by atomic mass is 10.0. The molecule has 0 atom stereocenters. The number of nitriles is 1. The Morgan fingerprint density at radius 2 is 2.23 bits per heavy atom. The molecule has 1 heterocycles. The highest BCUT2D eigenvalue weighted by atomic mass is 32.1. The maximum absolute atomic E-state index is 9.11. The van der Waals surface area contributed by atoms with Gasteiger partial charge in [-0.15, -0.1) is 11.3 Å². The summed E-state index contributed by atoms with van der Waals surface area (Å²) in [6, 6.07) is 4.72. The quantitative estimate of drug-likeness (QED) is 0.701. The van der Waals surface area contributed by atoms with Crippen LogP contribution in [0, 0.1) is 11.3 Å². The van der Waals surface area contributed by atoms with Crippen LogP contribution in [0.25, 0.3) is 0 Å². The van der Waals surface area contributed by atoms with Crippen LogP contribution in [0.15, 0.2) is 11.4 Å². The Kier molecular flexibility index (Phi) is 1.38. The summed E-state index contributed by atoms with van der Waals surface area (Å²) in [5.41, 5.74) is 1.44. The molecule has 13 heavy (non-hydrogen) atoms. The first kappa shape index (κ1) is 7.58. The maximum atomic E-state index is 9.11. The number of nitrogens with zero attached hydrogens (tertiary/aromatic N) is 1. The van der Waals surface area contributed by atoms with E-state index >= 15 is 0 Å². The highest BCUT2D eigenvalue weighted by Crippen LogP contribution is 2.55. The second kappa shape index (κ2) is 2.36. The van der Waals surface area contributed by atoms with Gasteiger partial charge in [-0.1, -0.05) is 0 Å². The number of hydrogen-bond donors (Lipinski definition) is 0. The van der Waals surface area contributed by atoms with Crippen LogP contribution in [0.4, 0.5) is 0 Å². The maximum Gasteiger partial charge on any atom is 0.0918 e. The molecule has 3 rings (SSSR count). The molecule has 2 heteroatoms. The smallest absolute Gasteiger partial charge is 0.0918 e. The van der Waals surface area contributed by atoms with Crippen molar-refractivity contribution in [3.63, 3.8) is 0 Å². The summed E-state index contributed by atoms with van der Waals surface area (Å²) < 4.78 is 0. The zero-order valence-corrected chi connectivity index (χ0v) is 8.23. The number of rotatable bonds is 2. The van der Waals surface area contributed by atoms with Gasteiger partial charge in [0.2, 0.25) is 0 Å². The van der Waals surface area contributed by atoms with Crippen molar-refractivity contribution in [1.29, 1.82) is 5.26 Å². The molecule has 66 valence electrons. The Balaban J connectivity index is 2.04. The monoisotopic (exact) mass is 189 g/mol. The molecule has 0 spiro atoms. The van der Waals surface area contributed by atoms with E-state index in [9.17, 15) is 0 Å². The predicted octanol–water partition coefficient (Wildman–Crippen LogP) is 3.18. The molecule has 2 aliphatic rings. The van der Waals surface area contributed by atoms with Gasteiger partial charge < -0.3 is 0 Å². The Labute approximate surface area is 82.0 Å². The van der Waals surface area contributed by atoms with Crippen LogP contribution in [-0.4, -0.2) is 0 Å². The minimum atomic E-state index is -0.0495. The van der Waals surface area contributed by atoms with E-state index in [1.54, 1.807) is 11.3 Å². The lowest BCUT2D eigenvalue weighted by Gasteiger charge is -2.05. The average Bonchev–Trinajstić information content (AvgIpc) is 3.07. The summed E-state index contributed by atoms with van der Waals surface area (Å²) in [6.45, 7) is 0. The summed E-state index contributed by atoms with van der Waals surface area (Å²) >= 11 is 1.79. The molecule has 0 amide bonds. The second-order valence-electron chi connectivity index (χ2n) is 4.17. The fraction of sp³-hybridized carbons (Fsp3) is 0.545. The molecule has 0 unspecified atom stereocenters. The predicted molar refractivity (Wildman–Crippen MR) is 52.8 cm³/mol. The van der Waals surface area contributed by atoms with Gasteiger partial charge in [0, 0.05) is 4.88 Å². The molecular weight excluding hydrogens is 178 g/mol. The highest BCUT2D eigenvalue weighted by Gasteiger charge is 2.48. The SMILES string of the molecule is N#CC1(c2sccc2C2CC2)CC1. The molecule has 2 aliphatic carbocycles.